The van der Waals surface area contributed by atoms with Crippen LogP contribution in [0.5, 0.6) is 0 Å². The Morgan fingerprint density at radius 3 is 1.79 bits per heavy atom. The van der Waals surface area contributed by atoms with Crippen molar-refractivity contribution in [1.29, 1.82) is 0 Å². The van der Waals surface area contributed by atoms with Gasteiger partial charge in [0.15, 0.2) is 11.6 Å². The van der Waals surface area contributed by atoms with Crippen LogP contribution in [0.3, 0.4) is 0 Å². The maximum Gasteiger partial charge on any atom is 0.238 e. The molecular formula is C41H25N5S. The Morgan fingerprint density at radius 1 is 0.447 bits per heavy atom. The summed E-state index contributed by atoms with van der Waals surface area (Å²) in [7, 11) is 0. The molecule has 0 aliphatic heterocycles. The van der Waals surface area contributed by atoms with Gasteiger partial charge in [-0.05, 0) is 48.5 Å². The molecule has 0 amide bonds. The van der Waals surface area contributed by atoms with Crippen LogP contribution in [0.15, 0.2) is 152 Å². The van der Waals surface area contributed by atoms with Crippen LogP contribution in [0.25, 0.3) is 87.3 Å². The van der Waals surface area contributed by atoms with E-state index in [1.54, 1.807) is 0 Å². The van der Waals surface area contributed by atoms with Crippen molar-refractivity contribution in [2.75, 3.05) is 0 Å². The van der Waals surface area contributed by atoms with Crippen LogP contribution in [0.2, 0.25) is 0 Å². The van der Waals surface area contributed by atoms with Crippen molar-refractivity contribution >= 4 is 64.2 Å². The van der Waals surface area contributed by atoms with E-state index < -0.39 is 0 Å². The molecule has 10 rings (SSSR count). The van der Waals surface area contributed by atoms with Gasteiger partial charge in [-0.3, -0.25) is 4.57 Å². The molecule has 220 valence electrons. The maximum absolute atomic E-state index is 5.18. The first-order valence-electron chi connectivity index (χ1n) is 15.6. The molecule has 10 aromatic rings. The molecule has 0 bridgehead atoms. The minimum absolute atomic E-state index is 0.593. The number of aromatic nitrogens is 5. The van der Waals surface area contributed by atoms with Gasteiger partial charge in [0, 0.05) is 59.3 Å². The van der Waals surface area contributed by atoms with Crippen LogP contribution in [0, 0.1) is 0 Å². The van der Waals surface area contributed by atoms with Gasteiger partial charge in [-0.25, -0.2) is 4.98 Å². The van der Waals surface area contributed by atoms with Gasteiger partial charge in [-0.2, -0.15) is 9.97 Å². The smallest absolute Gasteiger partial charge is 0.238 e. The molecule has 0 aliphatic carbocycles. The van der Waals surface area contributed by atoms with E-state index in [1.165, 1.54) is 36.3 Å². The van der Waals surface area contributed by atoms with Gasteiger partial charge in [-0.1, -0.05) is 97.1 Å². The lowest BCUT2D eigenvalue weighted by Crippen LogP contribution is -2.06. The molecule has 6 aromatic carbocycles. The molecule has 0 atom stereocenters. The van der Waals surface area contributed by atoms with E-state index in [0.29, 0.717) is 17.6 Å². The van der Waals surface area contributed by atoms with Gasteiger partial charge in [0.1, 0.15) is 0 Å². The largest absolute Gasteiger partial charge is 0.316 e. The number of hydrogen-bond donors (Lipinski definition) is 0. The van der Waals surface area contributed by atoms with Gasteiger partial charge in [-0.15, -0.1) is 11.3 Å². The Kier molecular flexibility index (Phi) is 5.68. The number of benzene rings is 6. The number of thiophene rings is 1. The molecule has 0 saturated carbocycles. The fourth-order valence-corrected chi connectivity index (χ4v) is 7.91. The monoisotopic (exact) mass is 619 g/mol. The Bertz CT molecular complexity index is 2720. The molecule has 6 heteroatoms. The van der Waals surface area contributed by atoms with Crippen molar-refractivity contribution < 1.29 is 0 Å². The second kappa shape index (κ2) is 10.2. The Balaban J connectivity index is 1.34. The summed E-state index contributed by atoms with van der Waals surface area (Å²) in [5, 5.41) is 6.07. The maximum atomic E-state index is 5.18. The molecule has 0 aliphatic rings. The Hall–Kier alpha value is -6.11. The normalized spacial score (nSPS) is 11.8. The van der Waals surface area contributed by atoms with Crippen LogP contribution in [0.1, 0.15) is 0 Å². The summed E-state index contributed by atoms with van der Waals surface area (Å²) >= 11 is 1.82. The summed E-state index contributed by atoms with van der Waals surface area (Å²) in [5.41, 5.74) is 6.26. The van der Waals surface area contributed by atoms with Crippen molar-refractivity contribution in [3.8, 4) is 34.4 Å². The van der Waals surface area contributed by atoms with Crippen LogP contribution in [-0.2, 0) is 0 Å². The first-order valence-corrected chi connectivity index (χ1v) is 16.4. The molecule has 47 heavy (non-hydrogen) atoms. The number of rotatable bonds is 4. The van der Waals surface area contributed by atoms with Gasteiger partial charge in [0.25, 0.3) is 0 Å². The third-order valence-electron chi connectivity index (χ3n) is 9.00. The van der Waals surface area contributed by atoms with Crippen molar-refractivity contribution in [2.45, 2.75) is 0 Å². The molecule has 0 spiro atoms. The van der Waals surface area contributed by atoms with Gasteiger partial charge >= 0.3 is 0 Å². The zero-order valence-corrected chi connectivity index (χ0v) is 25.9. The average molecular weight is 620 g/mol. The van der Waals surface area contributed by atoms with Crippen LogP contribution in [-0.4, -0.2) is 24.1 Å². The van der Waals surface area contributed by atoms with E-state index in [1.807, 2.05) is 47.7 Å². The molecular weight excluding hydrogens is 595 g/mol. The highest BCUT2D eigenvalue weighted by Gasteiger charge is 2.21. The van der Waals surface area contributed by atoms with Crippen LogP contribution >= 0.6 is 11.3 Å². The van der Waals surface area contributed by atoms with Gasteiger partial charge in [0.05, 0.1) is 16.6 Å². The summed E-state index contributed by atoms with van der Waals surface area (Å²) in [6.45, 7) is 0. The topological polar surface area (TPSA) is 48.5 Å². The molecule has 5 nitrogen and oxygen atoms in total. The lowest BCUT2D eigenvalue weighted by Gasteiger charge is -2.11. The first-order chi connectivity index (χ1) is 23.3. The van der Waals surface area contributed by atoms with Crippen LogP contribution < -0.4 is 0 Å². The van der Waals surface area contributed by atoms with Crippen molar-refractivity contribution in [3.05, 3.63) is 152 Å². The molecule has 0 unspecified atom stereocenters. The van der Waals surface area contributed by atoms with Crippen LogP contribution in [0.4, 0.5) is 0 Å². The summed E-state index contributed by atoms with van der Waals surface area (Å²) in [4.78, 5) is 15.3. The molecule has 4 heterocycles. The highest BCUT2D eigenvalue weighted by Crippen LogP contribution is 2.41. The zero-order chi connectivity index (χ0) is 30.9. The SMILES string of the molecule is c1ccc(-c2nc(-c3ccccc3)nc(-n3c4cc5sc6ccccc6c5cc4c4cc5ccn(-c6ccccc6)c5cc43)n2)cc1. The zero-order valence-electron chi connectivity index (χ0n) is 25.1. The highest BCUT2D eigenvalue weighted by molar-refractivity contribution is 7.25. The van der Waals surface area contributed by atoms with Crippen molar-refractivity contribution in [1.82, 2.24) is 24.1 Å². The molecule has 4 aromatic heterocycles. The quantitative estimate of drug-likeness (QED) is 0.197. The van der Waals surface area contributed by atoms with Crippen molar-refractivity contribution in [2.24, 2.45) is 0 Å². The predicted molar refractivity (Wildman–Crippen MR) is 195 cm³/mol. The van der Waals surface area contributed by atoms with Crippen molar-refractivity contribution in [3.63, 3.8) is 0 Å². The number of fused-ring (bicyclic) bond motifs is 7. The summed E-state index contributed by atoms with van der Waals surface area (Å²) in [5.74, 6) is 1.87. The minimum atomic E-state index is 0.593. The Morgan fingerprint density at radius 2 is 1.06 bits per heavy atom. The summed E-state index contributed by atoms with van der Waals surface area (Å²) in [6, 6.07) is 51.0. The lowest BCUT2D eigenvalue weighted by molar-refractivity contribution is 0.954. The van der Waals surface area contributed by atoms with E-state index in [4.69, 9.17) is 15.0 Å². The second-order valence-electron chi connectivity index (χ2n) is 11.8. The lowest BCUT2D eigenvalue weighted by atomic mass is 10.1. The Labute approximate surface area is 273 Å². The van der Waals surface area contributed by atoms with Gasteiger partial charge in [0.2, 0.25) is 5.95 Å². The number of para-hydroxylation sites is 1. The molecule has 0 saturated heterocycles. The second-order valence-corrected chi connectivity index (χ2v) is 12.8. The predicted octanol–water partition coefficient (Wildman–Crippen LogP) is 10.6. The molecule has 0 fully saturated rings. The third kappa shape index (κ3) is 4.12. The highest BCUT2D eigenvalue weighted by atomic mass is 32.1. The van der Waals surface area contributed by atoms with Gasteiger partial charge < -0.3 is 4.57 Å². The first kappa shape index (κ1) is 26.1. The van der Waals surface area contributed by atoms with E-state index in [-0.39, 0.29) is 0 Å². The molecule has 0 radical (unpaired) electrons. The van der Waals surface area contributed by atoms with E-state index in [2.05, 4.69) is 125 Å². The average Bonchev–Trinajstić information content (AvgIpc) is 3.81. The fraction of sp³-hybridized carbons (Fsp3) is 0. The van der Waals surface area contributed by atoms with E-state index >= 15 is 0 Å². The summed E-state index contributed by atoms with van der Waals surface area (Å²) < 4.78 is 7.01. The van der Waals surface area contributed by atoms with E-state index in [0.717, 1.165) is 33.4 Å². The number of nitrogens with zero attached hydrogens (tertiary/aromatic N) is 5. The fourth-order valence-electron chi connectivity index (χ4n) is 6.79. The summed E-state index contributed by atoms with van der Waals surface area (Å²) in [6.07, 6.45) is 2.15. The minimum Gasteiger partial charge on any atom is -0.316 e. The number of hydrogen-bond acceptors (Lipinski definition) is 4. The standard InChI is InChI=1S/C41H25N5S/c1-4-12-26(13-5-1)39-42-40(27-14-6-2-7-15-27)44-41(43-39)46-35-24-34-28(20-21-45(34)29-16-8-3-9-17-29)22-31(35)32-23-33-30-18-10-11-19-37(30)47-38(33)25-36(32)46/h1-25H. The van der Waals surface area contributed by atoms with E-state index in [9.17, 15) is 0 Å². The third-order valence-corrected chi connectivity index (χ3v) is 10.1. The molecule has 0 N–H and O–H groups in total.